The summed E-state index contributed by atoms with van der Waals surface area (Å²) < 4.78 is 0. The molecule has 6 nitrogen and oxygen atoms in total. The number of benzene rings is 1. The molecule has 0 aliphatic carbocycles. The number of urea groups is 1. The Labute approximate surface area is 134 Å². The number of carbonyl (C=O) groups excluding carboxylic acids is 1. The molecule has 2 aromatic rings. The monoisotopic (exact) mass is 315 g/mol. The van der Waals surface area contributed by atoms with Crippen LogP contribution in [0.4, 0.5) is 4.79 Å². The third kappa shape index (κ3) is 3.47. The Morgan fingerprint density at radius 2 is 2.04 bits per heavy atom. The highest BCUT2D eigenvalue weighted by molar-refractivity contribution is 5.83. The number of carboxylic acids is 1. The molecule has 1 fully saturated rings. The summed E-state index contributed by atoms with van der Waals surface area (Å²) in [5.41, 5.74) is 2.30. The minimum Gasteiger partial charge on any atom is -0.481 e. The van der Waals surface area contributed by atoms with Gasteiger partial charge in [-0.25, -0.2) is 4.79 Å². The van der Waals surface area contributed by atoms with Crippen molar-refractivity contribution in [2.24, 2.45) is 5.92 Å². The van der Waals surface area contributed by atoms with Gasteiger partial charge in [0.1, 0.15) is 0 Å². The number of fused-ring (bicyclic) bond motifs is 1. The smallest absolute Gasteiger partial charge is 0.317 e. The van der Waals surface area contributed by atoms with Gasteiger partial charge in [0.2, 0.25) is 0 Å². The predicted molar refractivity (Wildman–Crippen MR) is 87.3 cm³/mol. The molecule has 6 heteroatoms. The number of H-pyrrole nitrogens is 1. The number of carbonyl (C=O) groups is 2. The van der Waals surface area contributed by atoms with E-state index in [-0.39, 0.29) is 11.9 Å². The van der Waals surface area contributed by atoms with E-state index in [1.54, 1.807) is 4.90 Å². The standard InChI is InChI=1S/C17H21N3O3/c21-16(22)13-6-10-20(11-7-13)17(23)19-8-4-12-2-1-3-15-14(12)5-9-18-15/h1-3,5,9,13,18H,4,6-8,10-11H2,(H,19,23)(H,21,22). The third-order valence-corrected chi connectivity index (χ3v) is 4.49. The van der Waals surface area contributed by atoms with E-state index in [2.05, 4.69) is 16.4 Å². The summed E-state index contributed by atoms with van der Waals surface area (Å²) in [4.78, 5) is 27.9. The highest BCUT2D eigenvalue weighted by Crippen LogP contribution is 2.18. The minimum absolute atomic E-state index is 0.102. The molecule has 0 atom stereocenters. The molecule has 1 aliphatic heterocycles. The molecular formula is C17H21N3O3. The molecule has 3 rings (SSSR count). The van der Waals surface area contributed by atoms with Crippen molar-refractivity contribution in [2.75, 3.05) is 19.6 Å². The Hall–Kier alpha value is -2.50. The van der Waals surface area contributed by atoms with Crippen LogP contribution in [0, 0.1) is 5.92 Å². The molecular weight excluding hydrogens is 294 g/mol. The van der Waals surface area contributed by atoms with E-state index in [0.29, 0.717) is 32.5 Å². The van der Waals surface area contributed by atoms with Crippen molar-refractivity contribution >= 4 is 22.9 Å². The molecule has 23 heavy (non-hydrogen) atoms. The molecule has 0 saturated carbocycles. The Balaban J connectivity index is 1.48. The van der Waals surface area contributed by atoms with E-state index in [4.69, 9.17) is 5.11 Å². The molecule has 122 valence electrons. The van der Waals surface area contributed by atoms with Crippen LogP contribution in [0.2, 0.25) is 0 Å². The van der Waals surface area contributed by atoms with E-state index in [9.17, 15) is 9.59 Å². The van der Waals surface area contributed by atoms with Gasteiger partial charge in [0.15, 0.2) is 0 Å². The van der Waals surface area contributed by atoms with Crippen molar-refractivity contribution in [1.29, 1.82) is 0 Å². The summed E-state index contributed by atoms with van der Waals surface area (Å²) in [7, 11) is 0. The molecule has 0 spiro atoms. The van der Waals surface area contributed by atoms with Crippen LogP contribution in [0.3, 0.4) is 0 Å². The van der Waals surface area contributed by atoms with E-state index in [1.165, 1.54) is 10.9 Å². The zero-order valence-electron chi connectivity index (χ0n) is 12.9. The van der Waals surface area contributed by atoms with Crippen molar-refractivity contribution in [1.82, 2.24) is 15.2 Å². The molecule has 3 N–H and O–H groups in total. The van der Waals surface area contributed by atoms with Gasteiger partial charge in [-0.3, -0.25) is 4.79 Å². The van der Waals surface area contributed by atoms with Crippen LogP contribution in [0.1, 0.15) is 18.4 Å². The molecule has 1 aliphatic rings. The molecule has 1 saturated heterocycles. The summed E-state index contributed by atoms with van der Waals surface area (Å²) in [6.45, 7) is 1.59. The average Bonchev–Trinajstić information content (AvgIpc) is 3.04. The number of amides is 2. The van der Waals surface area contributed by atoms with Crippen LogP contribution < -0.4 is 5.32 Å². The van der Waals surface area contributed by atoms with Gasteiger partial charge in [0.05, 0.1) is 5.92 Å². The Kier molecular flexibility index (Phi) is 4.50. The second kappa shape index (κ2) is 6.73. The van der Waals surface area contributed by atoms with Gasteiger partial charge in [0, 0.05) is 36.7 Å². The Bertz CT molecular complexity index is 702. The first-order valence-electron chi connectivity index (χ1n) is 7.95. The molecule has 0 unspecified atom stereocenters. The summed E-state index contributed by atoms with van der Waals surface area (Å²) in [6.07, 6.45) is 3.75. The number of piperidine rings is 1. The Morgan fingerprint density at radius 1 is 1.26 bits per heavy atom. The van der Waals surface area contributed by atoms with Crippen molar-refractivity contribution in [3.63, 3.8) is 0 Å². The highest BCUT2D eigenvalue weighted by Gasteiger charge is 2.26. The van der Waals surface area contributed by atoms with Crippen LogP contribution in [0.5, 0.6) is 0 Å². The number of aliphatic carboxylic acids is 1. The number of aromatic nitrogens is 1. The largest absolute Gasteiger partial charge is 0.481 e. The molecule has 0 bridgehead atoms. The maximum atomic E-state index is 12.1. The number of nitrogens with one attached hydrogen (secondary N) is 2. The second-order valence-electron chi connectivity index (χ2n) is 5.94. The lowest BCUT2D eigenvalue weighted by Gasteiger charge is -2.30. The van der Waals surface area contributed by atoms with Crippen molar-refractivity contribution < 1.29 is 14.7 Å². The molecule has 2 heterocycles. The van der Waals surface area contributed by atoms with E-state index in [0.717, 1.165) is 11.9 Å². The highest BCUT2D eigenvalue weighted by atomic mass is 16.4. The fourth-order valence-electron chi connectivity index (χ4n) is 3.11. The number of carboxylic acid groups (broad SMARTS) is 1. The fraction of sp³-hybridized carbons (Fsp3) is 0.412. The van der Waals surface area contributed by atoms with Gasteiger partial charge < -0.3 is 20.3 Å². The lowest BCUT2D eigenvalue weighted by atomic mass is 9.97. The van der Waals surface area contributed by atoms with E-state index < -0.39 is 5.97 Å². The van der Waals surface area contributed by atoms with Gasteiger partial charge in [-0.1, -0.05) is 12.1 Å². The van der Waals surface area contributed by atoms with Crippen LogP contribution in [0.25, 0.3) is 10.9 Å². The number of likely N-dealkylation sites (tertiary alicyclic amines) is 1. The third-order valence-electron chi connectivity index (χ3n) is 4.49. The van der Waals surface area contributed by atoms with Gasteiger partial charge in [0.25, 0.3) is 0 Å². The first-order chi connectivity index (χ1) is 11.1. The summed E-state index contributed by atoms with van der Waals surface area (Å²) in [5, 5.41) is 13.1. The first kappa shape index (κ1) is 15.4. The van der Waals surface area contributed by atoms with Crippen LogP contribution in [-0.2, 0) is 11.2 Å². The number of nitrogens with zero attached hydrogens (tertiary/aromatic N) is 1. The van der Waals surface area contributed by atoms with E-state index in [1.807, 2.05) is 24.4 Å². The number of hydrogen-bond acceptors (Lipinski definition) is 2. The topological polar surface area (TPSA) is 85.4 Å². The number of aromatic amines is 1. The zero-order chi connectivity index (χ0) is 16.2. The molecule has 0 radical (unpaired) electrons. The van der Waals surface area contributed by atoms with Crippen molar-refractivity contribution in [2.45, 2.75) is 19.3 Å². The first-order valence-corrected chi connectivity index (χ1v) is 7.95. The van der Waals surface area contributed by atoms with Gasteiger partial charge in [-0.2, -0.15) is 0 Å². The maximum absolute atomic E-state index is 12.1. The van der Waals surface area contributed by atoms with Crippen LogP contribution in [0.15, 0.2) is 30.5 Å². The Morgan fingerprint density at radius 3 is 2.78 bits per heavy atom. The van der Waals surface area contributed by atoms with Gasteiger partial charge >= 0.3 is 12.0 Å². The lowest BCUT2D eigenvalue weighted by Crippen LogP contribution is -2.45. The van der Waals surface area contributed by atoms with Crippen molar-refractivity contribution in [3.05, 3.63) is 36.0 Å². The van der Waals surface area contributed by atoms with Crippen LogP contribution in [-0.4, -0.2) is 46.6 Å². The van der Waals surface area contributed by atoms with E-state index >= 15 is 0 Å². The normalized spacial score (nSPS) is 15.7. The second-order valence-corrected chi connectivity index (χ2v) is 5.94. The lowest BCUT2D eigenvalue weighted by molar-refractivity contribution is -0.143. The fourth-order valence-corrected chi connectivity index (χ4v) is 3.11. The molecule has 1 aromatic heterocycles. The SMILES string of the molecule is O=C(O)C1CCN(C(=O)NCCc2cccc3[nH]ccc23)CC1. The number of hydrogen-bond donors (Lipinski definition) is 3. The quantitative estimate of drug-likeness (QED) is 0.808. The minimum atomic E-state index is -0.760. The maximum Gasteiger partial charge on any atom is 0.317 e. The van der Waals surface area contributed by atoms with Crippen molar-refractivity contribution in [3.8, 4) is 0 Å². The zero-order valence-corrected chi connectivity index (χ0v) is 12.9. The molecule has 1 aromatic carbocycles. The predicted octanol–water partition coefficient (Wildman–Crippen LogP) is 2.22. The number of rotatable bonds is 4. The van der Waals surface area contributed by atoms with Crippen LogP contribution >= 0.6 is 0 Å². The van der Waals surface area contributed by atoms with Gasteiger partial charge in [-0.05, 0) is 37.0 Å². The van der Waals surface area contributed by atoms with Gasteiger partial charge in [-0.15, -0.1) is 0 Å². The summed E-state index contributed by atoms with van der Waals surface area (Å²) in [5.74, 6) is -1.07. The average molecular weight is 315 g/mol. The molecule has 2 amide bonds. The summed E-state index contributed by atoms with van der Waals surface area (Å²) >= 11 is 0. The summed E-state index contributed by atoms with van der Waals surface area (Å²) in [6, 6.07) is 8.05.